The van der Waals surface area contributed by atoms with Crippen molar-refractivity contribution in [2.45, 2.75) is 19.9 Å². The maximum Gasteiger partial charge on any atom is 0.287 e. The minimum atomic E-state index is -0.634. The van der Waals surface area contributed by atoms with E-state index in [9.17, 15) is 9.59 Å². The summed E-state index contributed by atoms with van der Waals surface area (Å²) in [6.45, 7) is 4.55. The van der Waals surface area contributed by atoms with Crippen LogP contribution in [0, 0.1) is 5.92 Å². The van der Waals surface area contributed by atoms with E-state index < -0.39 is 11.9 Å². The molecule has 0 spiro atoms. The average Bonchev–Trinajstić information content (AvgIpc) is 3.15. The van der Waals surface area contributed by atoms with Gasteiger partial charge in [0.1, 0.15) is 18.4 Å². The van der Waals surface area contributed by atoms with Crippen LogP contribution in [0.25, 0.3) is 0 Å². The molecule has 2 rings (SSSR count). The number of nitrogens with zero attached hydrogens (tertiary/aromatic N) is 1. The lowest BCUT2D eigenvalue weighted by molar-refractivity contribution is -0.133. The summed E-state index contributed by atoms with van der Waals surface area (Å²) < 4.78 is 11.7. The van der Waals surface area contributed by atoms with Crippen molar-refractivity contribution >= 4 is 27.7 Å². The van der Waals surface area contributed by atoms with Gasteiger partial charge in [-0.15, -0.1) is 0 Å². The standard InChI is InChI=1S/C19H23BrN2O4/c1-13(2)17(21-18(23)16-5-4-11-26-16)19(24)22(3)10-12-25-15-8-6-14(20)7-9-15/h4-9,11,13,17H,10,12H2,1-3H3,(H,21,23). The quantitative estimate of drug-likeness (QED) is 0.707. The van der Waals surface area contributed by atoms with Gasteiger partial charge in [-0.3, -0.25) is 9.59 Å². The lowest BCUT2D eigenvalue weighted by atomic mass is 10.0. The van der Waals surface area contributed by atoms with Crippen LogP contribution in [-0.2, 0) is 4.79 Å². The highest BCUT2D eigenvalue weighted by atomic mass is 79.9. The van der Waals surface area contributed by atoms with Crippen molar-refractivity contribution in [1.82, 2.24) is 10.2 Å². The largest absolute Gasteiger partial charge is 0.492 e. The van der Waals surface area contributed by atoms with Gasteiger partial charge in [-0.1, -0.05) is 29.8 Å². The van der Waals surface area contributed by atoms with Gasteiger partial charge in [0.15, 0.2) is 5.76 Å². The second-order valence-corrected chi connectivity index (χ2v) is 7.15. The van der Waals surface area contributed by atoms with Crippen LogP contribution in [0.15, 0.2) is 51.6 Å². The molecule has 0 saturated carbocycles. The lowest BCUT2D eigenvalue weighted by Gasteiger charge is -2.26. The Morgan fingerprint density at radius 2 is 1.92 bits per heavy atom. The highest BCUT2D eigenvalue weighted by Crippen LogP contribution is 2.16. The number of carbonyl (C=O) groups is 2. The van der Waals surface area contributed by atoms with Crippen molar-refractivity contribution in [3.8, 4) is 5.75 Å². The first-order valence-corrected chi connectivity index (χ1v) is 9.15. The van der Waals surface area contributed by atoms with Gasteiger partial charge >= 0.3 is 0 Å². The molecule has 0 radical (unpaired) electrons. The summed E-state index contributed by atoms with van der Waals surface area (Å²) in [6, 6.07) is 10.1. The van der Waals surface area contributed by atoms with Crippen LogP contribution in [0.3, 0.4) is 0 Å². The van der Waals surface area contributed by atoms with Gasteiger partial charge in [-0.05, 0) is 42.3 Å². The van der Waals surface area contributed by atoms with Crippen LogP contribution in [0.1, 0.15) is 24.4 Å². The SMILES string of the molecule is CC(C)C(NC(=O)c1ccco1)C(=O)N(C)CCOc1ccc(Br)cc1. The summed E-state index contributed by atoms with van der Waals surface area (Å²) in [5.74, 6) is 0.294. The number of halogens is 1. The molecule has 0 aliphatic heterocycles. The van der Waals surface area contributed by atoms with Gasteiger partial charge in [0.25, 0.3) is 5.91 Å². The van der Waals surface area contributed by atoms with Crippen molar-refractivity contribution in [3.05, 3.63) is 52.9 Å². The zero-order valence-electron chi connectivity index (χ0n) is 15.1. The molecule has 0 saturated heterocycles. The molecule has 1 unspecified atom stereocenters. The van der Waals surface area contributed by atoms with E-state index in [1.165, 1.54) is 6.26 Å². The molecule has 7 heteroatoms. The number of hydrogen-bond acceptors (Lipinski definition) is 4. The van der Waals surface area contributed by atoms with Crippen LogP contribution in [-0.4, -0.2) is 43.0 Å². The van der Waals surface area contributed by atoms with E-state index in [0.29, 0.717) is 13.2 Å². The smallest absolute Gasteiger partial charge is 0.287 e. The Morgan fingerprint density at radius 3 is 2.50 bits per heavy atom. The molecule has 0 fully saturated rings. The zero-order chi connectivity index (χ0) is 19.1. The van der Waals surface area contributed by atoms with Crippen molar-refractivity contribution in [1.29, 1.82) is 0 Å². The molecule has 2 amide bonds. The van der Waals surface area contributed by atoms with Crippen LogP contribution in [0.4, 0.5) is 0 Å². The summed E-state index contributed by atoms with van der Waals surface area (Å²) in [5.41, 5.74) is 0. The van der Waals surface area contributed by atoms with E-state index in [0.717, 1.165) is 10.2 Å². The molecule has 0 aliphatic rings. The number of nitrogens with one attached hydrogen (secondary N) is 1. The first-order valence-electron chi connectivity index (χ1n) is 8.36. The van der Waals surface area contributed by atoms with Crippen LogP contribution < -0.4 is 10.1 Å². The summed E-state index contributed by atoms with van der Waals surface area (Å²) >= 11 is 3.37. The summed E-state index contributed by atoms with van der Waals surface area (Å²) in [5, 5.41) is 2.74. The highest BCUT2D eigenvalue weighted by molar-refractivity contribution is 9.10. The second kappa shape index (κ2) is 9.43. The molecule has 6 nitrogen and oxygen atoms in total. The van der Waals surface area contributed by atoms with Gasteiger partial charge < -0.3 is 19.4 Å². The van der Waals surface area contributed by atoms with Crippen molar-refractivity contribution in [2.75, 3.05) is 20.2 Å². The number of likely N-dealkylation sites (N-methyl/N-ethyl adjacent to an activating group) is 1. The Kier molecular flexibility index (Phi) is 7.26. The molecule has 26 heavy (non-hydrogen) atoms. The fraction of sp³-hybridized carbons (Fsp3) is 0.368. The predicted octanol–water partition coefficient (Wildman–Crippen LogP) is 3.33. The number of rotatable bonds is 8. The maximum absolute atomic E-state index is 12.7. The van der Waals surface area contributed by atoms with Gasteiger partial charge in [0.2, 0.25) is 5.91 Å². The number of hydrogen-bond donors (Lipinski definition) is 1. The molecule has 2 aromatic rings. The molecule has 1 atom stereocenters. The molecule has 0 bridgehead atoms. The Labute approximate surface area is 161 Å². The predicted molar refractivity (Wildman–Crippen MR) is 102 cm³/mol. The molecule has 1 heterocycles. The summed E-state index contributed by atoms with van der Waals surface area (Å²) in [7, 11) is 1.70. The average molecular weight is 423 g/mol. The van der Waals surface area contributed by atoms with Crippen LogP contribution in [0.2, 0.25) is 0 Å². The monoisotopic (exact) mass is 422 g/mol. The Hall–Kier alpha value is -2.28. The molecule has 140 valence electrons. The van der Waals surface area contributed by atoms with E-state index in [2.05, 4.69) is 21.2 Å². The topological polar surface area (TPSA) is 71.8 Å². The number of furan rings is 1. The Balaban J connectivity index is 1.88. The molecular weight excluding hydrogens is 400 g/mol. The van der Waals surface area contributed by atoms with E-state index in [1.807, 2.05) is 38.1 Å². The molecule has 1 aromatic carbocycles. The minimum absolute atomic E-state index is 0.0590. The van der Waals surface area contributed by atoms with Crippen LogP contribution in [0.5, 0.6) is 5.75 Å². The summed E-state index contributed by atoms with van der Waals surface area (Å²) in [4.78, 5) is 26.4. The van der Waals surface area contributed by atoms with E-state index >= 15 is 0 Å². The second-order valence-electron chi connectivity index (χ2n) is 6.23. The number of benzene rings is 1. The lowest BCUT2D eigenvalue weighted by Crippen LogP contribution is -2.50. The molecule has 0 aliphatic carbocycles. The first-order chi connectivity index (χ1) is 12.4. The van der Waals surface area contributed by atoms with Gasteiger partial charge in [-0.2, -0.15) is 0 Å². The van der Waals surface area contributed by atoms with Crippen molar-refractivity contribution < 1.29 is 18.7 Å². The third-order valence-electron chi connectivity index (χ3n) is 3.85. The number of amides is 2. The van der Waals surface area contributed by atoms with Crippen molar-refractivity contribution in [2.24, 2.45) is 5.92 Å². The van der Waals surface area contributed by atoms with Gasteiger partial charge in [-0.25, -0.2) is 0 Å². The fourth-order valence-electron chi connectivity index (χ4n) is 2.31. The summed E-state index contributed by atoms with van der Waals surface area (Å²) in [6.07, 6.45) is 1.42. The highest BCUT2D eigenvalue weighted by Gasteiger charge is 2.28. The van der Waals surface area contributed by atoms with Gasteiger partial charge in [0.05, 0.1) is 12.8 Å². The Morgan fingerprint density at radius 1 is 1.23 bits per heavy atom. The molecule has 1 aromatic heterocycles. The number of carbonyl (C=O) groups excluding carboxylic acids is 2. The molecular formula is C19H23BrN2O4. The fourth-order valence-corrected chi connectivity index (χ4v) is 2.58. The van der Waals surface area contributed by atoms with Crippen LogP contribution >= 0.6 is 15.9 Å². The normalized spacial score (nSPS) is 11.9. The minimum Gasteiger partial charge on any atom is -0.492 e. The van der Waals surface area contributed by atoms with E-state index in [1.54, 1.807) is 24.1 Å². The molecule has 1 N–H and O–H groups in total. The van der Waals surface area contributed by atoms with Gasteiger partial charge in [0, 0.05) is 11.5 Å². The van der Waals surface area contributed by atoms with E-state index in [4.69, 9.17) is 9.15 Å². The first kappa shape index (κ1) is 20.0. The van der Waals surface area contributed by atoms with E-state index in [-0.39, 0.29) is 17.6 Å². The number of ether oxygens (including phenoxy) is 1. The van der Waals surface area contributed by atoms with Crippen molar-refractivity contribution in [3.63, 3.8) is 0 Å². The third kappa shape index (κ3) is 5.62. The maximum atomic E-state index is 12.7. The zero-order valence-corrected chi connectivity index (χ0v) is 16.7. The third-order valence-corrected chi connectivity index (χ3v) is 4.38. The Bertz CT molecular complexity index is 714.